The van der Waals surface area contributed by atoms with E-state index in [9.17, 15) is 5.26 Å². The molecule has 0 saturated carbocycles. The molecule has 1 fully saturated rings. The summed E-state index contributed by atoms with van der Waals surface area (Å²) >= 11 is 0. The molecule has 0 N–H and O–H groups in total. The quantitative estimate of drug-likeness (QED) is 0.702. The van der Waals surface area contributed by atoms with Crippen LogP contribution in [0.15, 0.2) is 48.7 Å². The predicted molar refractivity (Wildman–Crippen MR) is 106 cm³/mol. The molecule has 3 heterocycles. The Morgan fingerprint density at radius 3 is 2.78 bits per heavy atom. The SMILES string of the molecule is Cc1cc(OCC2CCN(c3nc4ccccc4cc3C#N)CC2)ccn1. The molecule has 0 atom stereocenters. The number of nitrogens with zero attached hydrogens (tertiary/aromatic N) is 4. The lowest BCUT2D eigenvalue weighted by Gasteiger charge is -2.33. The van der Waals surface area contributed by atoms with Crippen molar-refractivity contribution in [2.75, 3.05) is 24.6 Å². The van der Waals surface area contributed by atoms with Gasteiger partial charge in [0.05, 0.1) is 17.7 Å². The van der Waals surface area contributed by atoms with Crippen molar-refractivity contribution in [3.05, 3.63) is 59.9 Å². The minimum atomic E-state index is 0.515. The van der Waals surface area contributed by atoms with Gasteiger partial charge < -0.3 is 9.64 Å². The molecule has 1 aliphatic heterocycles. The fourth-order valence-electron chi connectivity index (χ4n) is 3.56. The number of para-hydroxylation sites is 1. The number of hydrogen-bond acceptors (Lipinski definition) is 5. The highest BCUT2D eigenvalue weighted by molar-refractivity contribution is 5.83. The number of rotatable bonds is 4. The van der Waals surface area contributed by atoms with Crippen LogP contribution in [0, 0.1) is 24.2 Å². The van der Waals surface area contributed by atoms with E-state index >= 15 is 0 Å². The third kappa shape index (κ3) is 3.85. The van der Waals surface area contributed by atoms with Gasteiger partial charge in [-0.3, -0.25) is 4.98 Å². The monoisotopic (exact) mass is 358 g/mol. The highest BCUT2D eigenvalue weighted by Gasteiger charge is 2.23. The molecule has 0 aliphatic carbocycles. The highest BCUT2D eigenvalue weighted by atomic mass is 16.5. The van der Waals surface area contributed by atoms with Gasteiger partial charge in [-0.05, 0) is 43.9 Å². The van der Waals surface area contributed by atoms with E-state index < -0.39 is 0 Å². The van der Waals surface area contributed by atoms with Crippen molar-refractivity contribution in [3.63, 3.8) is 0 Å². The zero-order valence-electron chi connectivity index (χ0n) is 15.4. The van der Waals surface area contributed by atoms with Crippen LogP contribution >= 0.6 is 0 Å². The second-order valence-corrected chi connectivity index (χ2v) is 7.04. The first-order valence-corrected chi connectivity index (χ1v) is 9.33. The van der Waals surface area contributed by atoms with Gasteiger partial charge in [-0.15, -0.1) is 0 Å². The van der Waals surface area contributed by atoms with E-state index in [4.69, 9.17) is 9.72 Å². The molecular weight excluding hydrogens is 336 g/mol. The van der Waals surface area contributed by atoms with Crippen LogP contribution in [0.5, 0.6) is 5.75 Å². The van der Waals surface area contributed by atoms with Gasteiger partial charge >= 0.3 is 0 Å². The number of pyridine rings is 2. The molecule has 1 aliphatic rings. The minimum Gasteiger partial charge on any atom is -0.493 e. The number of fused-ring (bicyclic) bond motifs is 1. The first-order valence-electron chi connectivity index (χ1n) is 9.33. The van der Waals surface area contributed by atoms with Gasteiger partial charge in [0.25, 0.3) is 0 Å². The van der Waals surface area contributed by atoms with Crippen molar-refractivity contribution in [2.24, 2.45) is 5.92 Å². The molecule has 1 saturated heterocycles. The molecule has 0 spiro atoms. The van der Waals surface area contributed by atoms with Crippen LogP contribution in [0.3, 0.4) is 0 Å². The lowest BCUT2D eigenvalue weighted by Crippen LogP contribution is -2.36. The van der Waals surface area contributed by atoms with Crippen LogP contribution in [-0.4, -0.2) is 29.7 Å². The molecule has 0 amide bonds. The van der Waals surface area contributed by atoms with Gasteiger partial charge in [0.1, 0.15) is 17.6 Å². The standard InChI is InChI=1S/C22H22N4O/c1-16-12-20(6-9-24-16)27-15-17-7-10-26(11-8-17)22-19(14-23)13-18-4-2-3-5-21(18)25-22/h2-6,9,12-13,17H,7-8,10-11,15H2,1H3. The number of piperidine rings is 1. The van der Waals surface area contributed by atoms with Crippen molar-refractivity contribution in [2.45, 2.75) is 19.8 Å². The molecule has 0 unspecified atom stereocenters. The molecular formula is C22H22N4O. The zero-order chi connectivity index (χ0) is 18.6. The number of aryl methyl sites for hydroxylation is 1. The lowest BCUT2D eigenvalue weighted by atomic mass is 9.97. The first kappa shape index (κ1) is 17.3. The Kier molecular flexibility index (Phi) is 4.88. The molecule has 27 heavy (non-hydrogen) atoms. The van der Waals surface area contributed by atoms with Crippen molar-refractivity contribution in [1.82, 2.24) is 9.97 Å². The Bertz CT molecular complexity index is 987. The number of ether oxygens (including phenoxy) is 1. The summed E-state index contributed by atoms with van der Waals surface area (Å²) in [6.45, 7) is 4.47. The van der Waals surface area contributed by atoms with Crippen molar-refractivity contribution in [1.29, 1.82) is 5.26 Å². The van der Waals surface area contributed by atoms with Crippen LogP contribution in [0.4, 0.5) is 5.82 Å². The minimum absolute atomic E-state index is 0.515. The Labute approximate surface area is 159 Å². The van der Waals surface area contributed by atoms with Crippen molar-refractivity contribution < 1.29 is 4.74 Å². The molecule has 2 aromatic heterocycles. The summed E-state index contributed by atoms with van der Waals surface area (Å²) in [4.78, 5) is 11.2. The van der Waals surface area contributed by atoms with Crippen LogP contribution in [0.1, 0.15) is 24.1 Å². The van der Waals surface area contributed by atoms with E-state index in [1.807, 2.05) is 49.4 Å². The molecule has 4 rings (SSSR count). The average molecular weight is 358 g/mol. The topological polar surface area (TPSA) is 62.0 Å². The summed E-state index contributed by atoms with van der Waals surface area (Å²) in [6, 6.07) is 16.1. The maximum absolute atomic E-state index is 9.55. The first-order chi connectivity index (χ1) is 13.2. The Morgan fingerprint density at radius 2 is 2.00 bits per heavy atom. The average Bonchev–Trinajstić information content (AvgIpc) is 2.72. The van der Waals surface area contributed by atoms with E-state index in [1.165, 1.54) is 0 Å². The summed E-state index contributed by atoms with van der Waals surface area (Å²) in [5, 5.41) is 10.6. The molecule has 0 radical (unpaired) electrons. The van der Waals surface area contributed by atoms with Gasteiger partial charge in [-0.25, -0.2) is 4.98 Å². The summed E-state index contributed by atoms with van der Waals surface area (Å²) in [6.07, 6.45) is 3.84. The number of aromatic nitrogens is 2. The van der Waals surface area contributed by atoms with E-state index in [0.717, 1.165) is 54.1 Å². The Morgan fingerprint density at radius 1 is 1.19 bits per heavy atom. The maximum atomic E-state index is 9.55. The molecule has 136 valence electrons. The van der Waals surface area contributed by atoms with Gasteiger partial charge in [-0.1, -0.05) is 18.2 Å². The molecule has 3 aromatic rings. The summed E-state index contributed by atoms with van der Waals surface area (Å²) in [5.41, 5.74) is 2.55. The lowest BCUT2D eigenvalue weighted by molar-refractivity contribution is 0.222. The second-order valence-electron chi connectivity index (χ2n) is 7.04. The normalized spacial score (nSPS) is 14.9. The molecule has 0 bridgehead atoms. The number of anilines is 1. The van der Waals surface area contributed by atoms with Gasteiger partial charge in [0.2, 0.25) is 0 Å². The summed E-state index contributed by atoms with van der Waals surface area (Å²) in [7, 11) is 0. The van der Waals surface area contributed by atoms with E-state index in [2.05, 4.69) is 16.0 Å². The summed E-state index contributed by atoms with van der Waals surface area (Å²) < 4.78 is 5.94. The van der Waals surface area contributed by atoms with Crippen LogP contribution in [0.25, 0.3) is 10.9 Å². The largest absolute Gasteiger partial charge is 0.493 e. The Balaban J connectivity index is 1.42. The van der Waals surface area contributed by atoms with E-state index in [-0.39, 0.29) is 0 Å². The number of benzene rings is 1. The predicted octanol–water partition coefficient (Wildman–Crippen LogP) is 4.11. The van der Waals surface area contributed by atoms with Crippen LogP contribution in [0.2, 0.25) is 0 Å². The third-order valence-electron chi connectivity index (χ3n) is 5.09. The fourth-order valence-corrected chi connectivity index (χ4v) is 3.56. The van der Waals surface area contributed by atoms with Gasteiger partial charge in [-0.2, -0.15) is 5.26 Å². The molecule has 5 nitrogen and oxygen atoms in total. The smallest absolute Gasteiger partial charge is 0.147 e. The number of hydrogen-bond donors (Lipinski definition) is 0. The van der Waals surface area contributed by atoms with Crippen molar-refractivity contribution >= 4 is 16.7 Å². The molecule has 5 heteroatoms. The highest BCUT2D eigenvalue weighted by Crippen LogP contribution is 2.27. The third-order valence-corrected chi connectivity index (χ3v) is 5.09. The van der Waals surface area contributed by atoms with Crippen LogP contribution in [-0.2, 0) is 0 Å². The fraction of sp³-hybridized carbons (Fsp3) is 0.318. The summed E-state index contributed by atoms with van der Waals surface area (Å²) in [5.74, 6) is 2.20. The van der Waals surface area contributed by atoms with E-state index in [1.54, 1.807) is 6.20 Å². The zero-order valence-corrected chi connectivity index (χ0v) is 15.4. The van der Waals surface area contributed by atoms with E-state index in [0.29, 0.717) is 18.1 Å². The second kappa shape index (κ2) is 7.63. The maximum Gasteiger partial charge on any atom is 0.147 e. The number of nitriles is 1. The molecule has 1 aromatic carbocycles. The van der Waals surface area contributed by atoms with Gasteiger partial charge in [0, 0.05) is 36.4 Å². The Hall–Kier alpha value is -3.13. The van der Waals surface area contributed by atoms with Crippen LogP contribution < -0.4 is 9.64 Å². The van der Waals surface area contributed by atoms with Gasteiger partial charge in [0.15, 0.2) is 0 Å². The van der Waals surface area contributed by atoms with Crippen molar-refractivity contribution in [3.8, 4) is 11.8 Å².